The number of rotatable bonds is 5. The summed E-state index contributed by atoms with van der Waals surface area (Å²) in [5.74, 6) is 0.730. The number of carbonyl (C=O) groups excluding carboxylic acids is 1. The lowest BCUT2D eigenvalue weighted by Crippen LogP contribution is -2.74. The Kier molecular flexibility index (Phi) is 4.81. The predicted molar refractivity (Wildman–Crippen MR) is 126 cm³/mol. The van der Waals surface area contributed by atoms with E-state index in [0.717, 1.165) is 60.0 Å². The molecule has 0 amide bonds. The first kappa shape index (κ1) is 21.4. The molecule has 1 aliphatic heterocycles. The van der Waals surface area contributed by atoms with Crippen LogP contribution in [-0.4, -0.2) is 41.9 Å². The molecule has 7 rings (SSSR count). The number of hydrogen-bond donors (Lipinski definition) is 2. The van der Waals surface area contributed by atoms with Gasteiger partial charge in [0.2, 0.25) is 0 Å². The van der Waals surface area contributed by atoms with Crippen molar-refractivity contribution in [3.8, 4) is 16.9 Å². The molecule has 3 aromatic rings. The van der Waals surface area contributed by atoms with Crippen LogP contribution in [0.4, 0.5) is 10.2 Å². The average Bonchev–Trinajstić information content (AvgIpc) is 2.80. The number of ether oxygens (including phenoxy) is 2. The van der Waals surface area contributed by atoms with Crippen LogP contribution < -0.4 is 5.32 Å². The normalized spacial score (nSPS) is 25.9. The summed E-state index contributed by atoms with van der Waals surface area (Å²) in [7, 11) is 1.44. The van der Waals surface area contributed by atoms with Gasteiger partial charge in [0.15, 0.2) is 0 Å². The Morgan fingerprint density at radius 1 is 1.15 bits per heavy atom. The summed E-state index contributed by atoms with van der Waals surface area (Å²) >= 11 is 0. The Hall–Kier alpha value is -3.19. The molecule has 4 aliphatic rings. The number of carbonyl (C=O) groups is 1. The summed E-state index contributed by atoms with van der Waals surface area (Å²) < 4.78 is 24.5. The van der Waals surface area contributed by atoms with Gasteiger partial charge in [-0.15, -0.1) is 0 Å². The fourth-order valence-corrected chi connectivity index (χ4v) is 6.28. The van der Waals surface area contributed by atoms with Crippen molar-refractivity contribution in [3.05, 3.63) is 53.8 Å². The van der Waals surface area contributed by atoms with Gasteiger partial charge in [0, 0.05) is 35.8 Å². The summed E-state index contributed by atoms with van der Waals surface area (Å²) in [6.07, 6.45) is 3.92. The zero-order valence-corrected chi connectivity index (χ0v) is 19.1. The number of esters is 1. The van der Waals surface area contributed by atoms with Gasteiger partial charge < -0.3 is 19.9 Å². The number of hydrogen-bond acceptors (Lipinski definition) is 6. The van der Waals surface area contributed by atoms with Gasteiger partial charge in [0.25, 0.3) is 0 Å². The maximum absolute atomic E-state index is 13.8. The van der Waals surface area contributed by atoms with E-state index in [9.17, 15) is 14.3 Å². The van der Waals surface area contributed by atoms with Gasteiger partial charge in [0.05, 0.1) is 18.0 Å². The van der Waals surface area contributed by atoms with Crippen molar-refractivity contribution in [2.24, 2.45) is 5.41 Å². The number of anilines is 1. The van der Waals surface area contributed by atoms with Crippen molar-refractivity contribution < 1.29 is 23.8 Å². The minimum absolute atomic E-state index is 0.135. The van der Waals surface area contributed by atoms with Gasteiger partial charge in [-0.05, 0) is 73.4 Å². The highest BCUT2D eigenvalue weighted by Crippen LogP contribution is 2.69. The second kappa shape index (κ2) is 7.67. The number of phenols is 1. The molecule has 176 valence electrons. The van der Waals surface area contributed by atoms with Crippen molar-refractivity contribution in [1.82, 2.24) is 4.98 Å². The molecule has 1 saturated heterocycles. The van der Waals surface area contributed by atoms with E-state index in [1.54, 1.807) is 24.3 Å². The topological polar surface area (TPSA) is 80.7 Å². The zero-order valence-electron chi connectivity index (χ0n) is 19.1. The third-order valence-corrected chi connectivity index (χ3v) is 7.80. The number of pyridine rings is 1. The summed E-state index contributed by atoms with van der Waals surface area (Å²) in [6, 6.07) is 11.8. The van der Waals surface area contributed by atoms with Crippen LogP contribution in [0.3, 0.4) is 0 Å². The third-order valence-electron chi connectivity index (χ3n) is 7.80. The lowest BCUT2D eigenvalue weighted by molar-refractivity contribution is -0.190. The Labute approximate surface area is 197 Å². The Bertz CT molecular complexity index is 1260. The minimum Gasteiger partial charge on any atom is -0.508 e. The molecule has 3 saturated carbocycles. The molecule has 2 aromatic carbocycles. The van der Waals surface area contributed by atoms with Crippen LogP contribution >= 0.6 is 0 Å². The Morgan fingerprint density at radius 2 is 1.85 bits per heavy atom. The summed E-state index contributed by atoms with van der Waals surface area (Å²) in [4.78, 5) is 17.2. The third kappa shape index (κ3) is 3.25. The fraction of sp³-hybridized carbons (Fsp3) is 0.407. The summed E-state index contributed by atoms with van der Waals surface area (Å²) in [5.41, 5.74) is 3.15. The minimum atomic E-state index is -0.366. The van der Waals surface area contributed by atoms with E-state index in [0.29, 0.717) is 18.7 Å². The second-order valence-corrected chi connectivity index (χ2v) is 10.1. The van der Waals surface area contributed by atoms with Gasteiger partial charge in [-0.2, -0.15) is 0 Å². The van der Waals surface area contributed by atoms with Crippen LogP contribution in [0.5, 0.6) is 5.75 Å². The monoisotopic (exact) mass is 462 g/mol. The highest BCUT2D eigenvalue weighted by molar-refractivity contribution is 5.99. The number of phenolic OH excluding ortho intramolecular Hbond substituents is 1. The number of nitrogens with one attached hydrogen (secondary N) is 1. The van der Waals surface area contributed by atoms with E-state index >= 15 is 0 Å². The molecule has 0 unspecified atom stereocenters. The van der Waals surface area contributed by atoms with Crippen LogP contribution in [0, 0.1) is 11.2 Å². The van der Waals surface area contributed by atoms with Gasteiger partial charge in [-0.25, -0.2) is 9.37 Å². The molecule has 3 aliphatic carbocycles. The van der Waals surface area contributed by atoms with Crippen LogP contribution in [0.25, 0.3) is 22.0 Å². The van der Waals surface area contributed by atoms with Gasteiger partial charge in [-0.1, -0.05) is 12.1 Å². The van der Waals surface area contributed by atoms with Crippen molar-refractivity contribution >= 4 is 22.7 Å². The quantitative estimate of drug-likeness (QED) is 0.511. The first-order valence-corrected chi connectivity index (χ1v) is 11.8. The SMILES string of the molecule is COC(=O)C12CC(Nc3nc4cc(O)ccc4c(-c4ccc(F)cc4)c3C3CCOCC3)(C1)C2. The van der Waals surface area contributed by atoms with Gasteiger partial charge in [0.1, 0.15) is 17.4 Å². The summed E-state index contributed by atoms with van der Waals surface area (Å²) in [5, 5.41) is 14.8. The number of methoxy groups -OCH3 is 1. The average molecular weight is 463 g/mol. The maximum atomic E-state index is 13.8. The number of halogens is 1. The molecular formula is C27H27FN2O4. The highest BCUT2D eigenvalue weighted by atomic mass is 19.1. The first-order valence-electron chi connectivity index (χ1n) is 11.8. The molecule has 2 bridgehead atoms. The molecule has 7 heteroatoms. The molecule has 0 radical (unpaired) electrons. The fourth-order valence-electron chi connectivity index (χ4n) is 6.28. The number of aromatic hydroxyl groups is 1. The maximum Gasteiger partial charge on any atom is 0.312 e. The van der Waals surface area contributed by atoms with Gasteiger partial charge >= 0.3 is 5.97 Å². The van der Waals surface area contributed by atoms with Crippen molar-refractivity contribution in [3.63, 3.8) is 0 Å². The molecule has 2 N–H and O–H groups in total. The number of aromatic nitrogens is 1. The highest BCUT2D eigenvalue weighted by Gasteiger charge is 2.72. The van der Waals surface area contributed by atoms with Crippen LogP contribution in [0.1, 0.15) is 43.6 Å². The molecule has 1 aromatic heterocycles. The number of fused-ring (bicyclic) bond motifs is 1. The molecule has 2 heterocycles. The van der Waals surface area contributed by atoms with E-state index in [1.165, 1.54) is 19.2 Å². The first-order chi connectivity index (χ1) is 16.4. The van der Waals surface area contributed by atoms with Gasteiger partial charge in [-0.3, -0.25) is 4.79 Å². The standard InChI is InChI=1S/C27H27FN2O4/c1-33-25(32)26-13-27(14-26,15-26)30-24-23(17-8-10-34-11-9-17)22(16-2-4-18(28)5-3-16)20-7-6-19(31)12-21(20)29-24/h2-7,12,17,31H,8-11,13-15H2,1H3,(H,29,30). The van der Waals surface area contributed by atoms with E-state index in [4.69, 9.17) is 14.5 Å². The lowest BCUT2D eigenvalue weighted by Gasteiger charge is -2.68. The Morgan fingerprint density at radius 3 is 2.53 bits per heavy atom. The van der Waals surface area contributed by atoms with Crippen molar-refractivity contribution in [2.45, 2.75) is 43.6 Å². The second-order valence-electron chi connectivity index (χ2n) is 10.1. The number of benzene rings is 2. The smallest absolute Gasteiger partial charge is 0.312 e. The van der Waals surface area contributed by atoms with Crippen LogP contribution in [-0.2, 0) is 14.3 Å². The van der Waals surface area contributed by atoms with E-state index in [2.05, 4.69) is 5.32 Å². The molecule has 0 atom stereocenters. The summed E-state index contributed by atoms with van der Waals surface area (Å²) in [6.45, 7) is 1.36. The van der Waals surface area contributed by atoms with E-state index < -0.39 is 0 Å². The predicted octanol–water partition coefficient (Wildman–Crippen LogP) is 5.15. The van der Waals surface area contributed by atoms with E-state index in [1.807, 2.05) is 6.07 Å². The van der Waals surface area contributed by atoms with Crippen molar-refractivity contribution in [2.75, 3.05) is 25.6 Å². The Balaban J connectivity index is 1.51. The lowest BCUT2D eigenvalue weighted by atomic mass is 9.39. The van der Waals surface area contributed by atoms with Crippen LogP contribution in [0.2, 0.25) is 0 Å². The zero-order chi connectivity index (χ0) is 23.5. The molecule has 0 spiro atoms. The largest absolute Gasteiger partial charge is 0.508 e. The molecular weight excluding hydrogens is 435 g/mol. The molecule has 6 nitrogen and oxygen atoms in total. The van der Waals surface area contributed by atoms with Crippen molar-refractivity contribution in [1.29, 1.82) is 0 Å². The van der Waals surface area contributed by atoms with E-state index in [-0.39, 0.29) is 34.4 Å². The number of nitrogens with zero attached hydrogens (tertiary/aromatic N) is 1. The molecule has 34 heavy (non-hydrogen) atoms. The molecule has 4 fully saturated rings. The van der Waals surface area contributed by atoms with Crippen LogP contribution in [0.15, 0.2) is 42.5 Å².